The second kappa shape index (κ2) is 23.7. The molecule has 0 aromatic heterocycles. The van der Waals surface area contributed by atoms with Gasteiger partial charge in [-0.25, -0.2) is 4.85 Å². The highest BCUT2D eigenvalue weighted by Crippen LogP contribution is 2.45. The molecule has 1 aliphatic carbocycles. The van der Waals surface area contributed by atoms with Crippen molar-refractivity contribution in [3.05, 3.63) is 242 Å². The third-order valence-electron chi connectivity index (χ3n) is 15.2. The second-order valence-electron chi connectivity index (χ2n) is 21.5. The Kier molecular flexibility index (Phi) is 16.2. The van der Waals surface area contributed by atoms with Crippen molar-refractivity contribution in [1.29, 1.82) is 0 Å². The van der Waals surface area contributed by atoms with Crippen LogP contribution in [0.3, 0.4) is 0 Å². The Balaban J connectivity index is 0.000000121. The Labute approximate surface area is 472 Å². The van der Waals surface area contributed by atoms with Crippen LogP contribution in [0, 0.1) is 41.2 Å². The van der Waals surface area contributed by atoms with Gasteiger partial charge in [0.2, 0.25) is 22.7 Å². The first kappa shape index (κ1) is 55.2. The van der Waals surface area contributed by atoms with Crippen LogP contribution in [0.25, 0.3) is 4.85 Å². The molecule has 9 nitrogen and oxygen atoms in total. The molecule has 8 aromatic carbocycles. The van der Waals surface area contributed by atoms with Crippen molar-refractivity contribution in [2.24, 2.45) is 0 Å². The lowest BCUT2D eigenvalue weighted by atomic mass is 9.71. The molecule has 4 aliphatic heterocycles. The molecule has 5 aliphatic rings. The summed E-state index contributed by atoms with van der Waals surface area (Å²) in [5.41, 5.74) is 16.5. The molecule has 0 atom stereocenters. The van der Waals surface area contributed by atoms with Gasteiger partial charge in [0.25, 0.3) is 26.9 Å². The maximum Gasteiger partial charge on any atom is 0.416 e. The number of fused-ring (bicyclic) bond motifs is 6. The number of hydrogen-bond acceptors (Lipinski definition) is 4. The Hall–Kier alpha value is -9.08. The lowest BCUT2D eigenvalue weighted by Gasteiger charge is -2.35. The number of benzene rings is 8. The molecule has 4 heterocycles. The SMILES string of the molecule is CC1(C)CCCc2ccc3c(c21)OC[N+](c1ccccc1)=C3.Cc1cc(C(F)(F)F)cc2c1OC[N+](c1ccccc1)=C2.Cc1cc(C)c2c(c1C)C=[N+](c1ccccc1)CO2.[C-]#[N+]c1cc(C)c2c(c1)C=[N+](c1ccccc1)CO2. The summed E-state index contributed by atoms with van der Waals surface area (Å²) < 4.78 is 70.4. The second-order valence-corrected chi connectivity index (χ2v) is 21.5. The first-order chi connectivity index (χ1) is 39.0. The average molecular weight is 1090 g/mol. The largest absolute Gasteiger partial charge is 0.435 e. The number of hydrogen-bond donors (Lipinski definition) is 0. The molecule has 0 saturated carbocycles. The van der Waals surface area contributed by atoms with Crippen LogP contribution < -0.4 is 18.9 Å². The summed E-state index contributed by atoms with van der Waals surface area (Å²) in [7, 11) is 0. The average Bonchev–Trinajstić information content (AvgIpc) is 3.67. The molecule has 0 fully saturated rings. The molecule has 0 unspecified atom stereocenters. The molecule has 0 N–H and O–H groups in total. The fourth-order valence-corrected chi connectivity index (χ4v) is 10.9. The van der Waals surface area contributed by atoms with Gasteiger partial charge in [0, 0.05) is 54.1 Å². The Morgan fingerprint density at radius 3 is 1.40 bits per heavy atom. The molecule has 0 spiro atoms. The van der Waals surface area contributed by atoms with Gasteiger partial charge >= 0.3 is 6.18 Å². The lowest BCUT2D eigenvalue weighted by Crippen LogP contribution is -2.29. The minimum absolute atomic E-state index is 0.210. The molecule has 0 amide bonds. The van der Waals surface area contributed by atoms with E-state index in [4.69, 9.17) is 25.5 Å². The van der Waals surface area contributed by atoms with E-state index in [-0.39, 0.29) is 12.1 Å². The number of para-hydroxylation sites is 4. The number of halogens is 3. The highest BCUT2D eigenvalue weighted by atomic mass is 19.4. The number of alkyl halides is 3. The van der Waals surface area contributed by atoms with Gasteiger partial charge in [0.15, 0.2) is 30.5 Å². The fourth-order valence-electron chi connectivity index (χ4n) is 10.9. The predicted octanol–water partition coefficient (Wildman–Crippen LogP) is 15.9. The maximum atomic E-state index is 12.9. The van der Waals surface area contributed by atoms with E-state index in [1.807, 2.05) is 115 Å². The molecular weight excluding hydrogens is 1020 g/mol. The topological polar surface area (TPSA) is 53.3 Å². The van der Waals surface area contributed by atoms with E-state index in [0.717, 1.165) is 57.6 Å². The van der Waals surface area contributed by atoms with Crippen molar-refractivity contribution < 1.29 is 50.4 Å². The molecule has 408 valence electrons. The van der Waals surface area contributed by atoms with E-state index >= 15 is 0 Å². The van der Waals surface area contributed by atoms with Crippen LogP contribution in [-0.2, 0) is 18.0 Å². The molecule has 12 heteroatoms. The lowest BCUT2D eigenvalue weighted by molar-refractivity contribution is -0.476. The van der Waals surface area contributed by atoms with Crippen molar-refractivity contribution in [3.8, 4) is 23.0 Å². The van der Waals surface area contributed by atoms with Crippen LogP contribution in [0.1, 0.15) is 93.5 Å². The van der Waals surface area contributed by atoms with Gasteiger partial charge in [-0.3, -0.25) is 0 Å². The van der Waals surface area contributed by atoms with Gasteiger partial charge in [0.05, 0.1) is 34.4 Å². The van der Waals surface area contributed by atoms with E-state index in [1.54, 1.807) is 17.7 Å². The van der Waals surface area contributed by atoms with Crippen molar-refractivity contribution in [3.63, 3.8) is 0 Å². The van der Waals surface area contributed by atoms with Crippen molar-refractivity contribution in [2.75, 3.05) is 26.9 Å². The van der Waals surface area contributed by atoms with Crippen LogP contribution in [0.2, 0.25) is 0 Å². The number of nitrogens with zero attached hydrogens (tertiary/aromatic N) is 5. The van der Waals surface area contributed by atoms with Gasteiger partial charge in [-0.1, -0.05) is 98.8 Å². The molecule has 0 saturated heterocycles. The summed E-state index contributed by atoms with van der Waals surface area (Å²) in [6.45, 7) is 23.8. The summed E-state index contributed by atoms with van der Waals surface area (Å²) >= 11 is 0. The molecule has 13 rings (SSSR count). The van der Waals surface area contributed by atoms with Gasteiger partial charge in [-0.05, 0) is 123 Å². The highest BCUT2D eigenvalue weighted by Gasteiger charge is 2.36. The van der Waals surface area contributed by atoms with Crippen LogP contribution in [0.5, 0.6) is 23.0 Å². The third kappa shape index (κ3) is 12.4. The monoisotopic (exact) mass is 1090 g/mol. The molecule has 0 radical (unpaired) electrons. The fraction of sp³-hybridized carbons (Fsp3) is 0.232. The smallest absolute Gasteiger partial charge is 0.416 e. The maximum absolute atomic E-state index is 12.9. The van der Waals surface area contributed by atoms with E-state index in [9.17, 15) is 13.2 Å². The predicted molar refractivity (Wildman–Crippen MR) is 315 cm³/mol. The first-order valence-electron chi connectivity index (χ1n) is 27.2. The normalized spacial score (nSPS) is 15.0. The minimum Gasteiger partial charge on any atom is -0.435 e. The van der Waals surface area contributed by atoms with Crippen LogP contribution in [-0.4, -0.2) is 70.1 Å². The van der Waals surface area contributed by atoms with Gasteiger partial charge in [-0.2, -0.15) is 31.5 Å². The van der Waals surface area contributed by atoms with Crippen molar-refractivity contribution >= 4 is 53.3 Å². The van der Waals surface area contributed by atoms with Gasteiger partial charge < -0.3 is 18.9 Å². The quantitative estimate of drug-likeness (QED) is 0.130. The summed E-state index contributed by atoms with van der Waals surface area (Å²) in [6, 6.07) is 52.9. The number of aryl methyl sites for hydroxylation is 5. The third-order valence-corrected chi connectivity index (χ3v) is 15.2. The summed E-state index contributed by atoms with van der Waals surface area (Å²) in [6.07, 6.45) is 7.48. The number of rotatable bonds is 4. The Morgan fingerprint density at radius 1 is 0.469 bits per heavy atom. The Bertz CT molecular complexity index is 3810. The van der Waals surface area contributed by atoms with Crippen LogP contribution >= 0.6 is 0 Å². The first-order valence-corrected chi connectivity index (χ1v) is 27.2. The zero-order valence-corrected chi connectivity index (χ0v) is 46.9. The van der Waals surface area contributed by atoms with Crippen LogP contribution in [0.15, 0.2) is 164 Å². The zero-order chi connectivity index (χ0) is 56.8. The number of ether oxygens (including phenoxy) is 4. The minimum atomic E-state index is -4.36. The van der Waals surface area contributed by atoms with Gasteiger partial charge in [-0.15, -0.1) is 0 Å². The molecular formula is C69H66F3N5O4+4. The summed E-state index contributed by atoms with van der Waals surface area (Å²) in [5.74, 6) is 3.51. The Morgan fingerprint density at radius 2 is 0.901 bits per heavy atom. The van der Waals surface area contributed by atoms with Crippen molar-refractivity contribution in [2.45, 2.75) is 79.3 Å². The standard InChI is InChI=1S/C20H22NO.C17H18NO.C16H13F3NO.C16H13N2O/c1-20(2)12-6-7-15-10-11-16-13-21(14-22-19(16)18(15)20)17-8-4-3-5-9-17;1-12-9-13(2)17-16(14(12)3)10-18(11-19-17)15-7-5-4-6-8-15;1-11-7-13(16(17,18)19)8-12-9-20(10-21-15(11)12)14-5-3-2-4-6-14;1-12-8-14(17-2)9-13-10-18(11-19-16(12)13)15-6-4-3-5-7-15/h3-5,8-11,13H,6-7,12,14H2,1-2H3;4-10H,11H2,1-3H3;2-9H,10H2,1H3;3-10H,11H2,1H3/q4*+1. The van der Waals surface area contributed by atoms with Gasteiger partial charge in [0.1, 0.15) is 23.0 Å². The van der Waals surface area contributed by atoms with E-state index in [2.05, 4.69) is 116 Å². The molecule has 81 heavy (non-hydrogen) atoms. The van der Waals surface area contributed by atoms with Crippen molar-refractivity contribution in [1.82, 2.24) is 0 Å². The van der Waals surface area contributed by atoms with E-state index in [1.165, 1.54) is 63.9 Å². The van der Waals surface area contributed by atoms with E-state index < -0.39 is 11.7 Å². The summed E-state index contributed by atoms with van der Waals surface area (Å²) in [4.78, 5) is 3.49. The molecule has 0 bridgehead atoms. The summed E-state index contributed by atoms with van der Waals surface area (Å²) in [5, 5.41) is 0. The van der Waals surface area contributed by atoms with E-state index in [0.29, 0.717) is 42.8 Å². The molecule has 8 aromatic rings. The highest BCUT2D eigenvalue weighted by molar-refractivity contribution is 5.86. The zero-order valence-electron chi connectivity index (χ0n) is 46.9. The van der Waals surface area contributed by atoms with Crippen LogP contribution in [0.4, 0.5) is 41.6 Å².